The zero-order valence-electron chi connectivity index (χ0n) is 27.4. The summed E-state index contributed by atoms with van der Waals surface area (Å²) in [5, 5.41) is 9.51. The van der Waals surface area contributed by atoms with Crippen LogP contribution in [0.2, 0.25) is 10.0 Å². The number of hydrogen-bond acceptors (Lipinski definition) is 9. The molecule has 2 fully saturated rings. The molecule has 0 saturated carbocycles. The molecule has 0 spiro atoms. The van der Waals surface area contributed by atoms with Crippen LogP contribution in [-0.4, -0.2) is 74.6 Å². The van der Waals surface area contributed by atoms with Crippen LogP contribution in [-0.2, 0) is 21.8 Å². The van der Waals surface area contributed by atoms with E-state index in [4.69, 9.17) is 37.4 Å². The standard InChI is InChI=1S/C35H38Cl2N8O4/c1-3-25(2)45-34(46)44(24-40-45)31-6-4-29(5-7-31)41-12-14-42(15-13-41)30-8-10-32(11-9-30)47-19-33-20-48-35(49-33,21-43-23-38-22-39-43)26-16-27(36)18-28(37)17-26/h4-11,16-18,22-25,33H,3,12-15,19-21H2,1-2H3/t25?,33-,35-/m0/s1. The highest BCUT2D eigenvalue weighted by atomic mass is 35.5. The Kier molecular flexibility index (Phi) is 9.64. The lowest BCUT2D eigenvalue weighted by atomic mass is 10.1. The minimum atomic E-state index is -1.14. The summed E-state index contributed by atoms with van der Waals surface area (Å²) in [6.45, 7) is 8.50. The van der Waals surface area contributed by atoms with Gasteiger partial charge in [0.15, 0.2) is 0 Å². The summed E-state index contributed by atoms with van der Waals surface area (Å²) in [7, 11) is 0. The molecule has 4 heterocycles. The fourth-order valence-electron chi connectivity index (χ4n) is 6.23. The highest BCUT2D eigenvalue weighted by molar-refractivity contribution is 6.34. The molecule has 5 aromatic rings. The van der Waals surface area contributed by atoms with E-state index in [9.17, 15) is 4.79 Å². The summed E-state index contributed by atoms with van der Waals surface area (Å²) in [5.74, 6) is -0.388. The average molecular weight is 706 g/mol. The number of piperazine rings is 1. The molecule has 3 atom stereocenters. The van der Waals surface area contributed by atoms with Gasteiger partial charge in [-0.3, -0.25) is 0 Å². The molecule has 14 heteroatoms. The normalized spacial score (nSPS) is 20.1. The molecule has 1 unspecified atom stereocenters. The highest BCUT2D eigenvalue weighted by Gasteiger charge is 2.44. The first kappa shape index (κ1) is 33.2. The molecule has 3 aromatic carbocycles. The van der Waals surface area contributed by atoms with Gasteiger partial charge in [-0.1, -0.05) is 30.1 Å². The van der Waals surface area contributed by atoms with Gasteiger partial charge in [0.2, 0.25) is 5.79 Å². The predicted octanol–water partition coefficient (Wildman–Crippen LogP) is 5.58. The maximum atomic E-state index is 12.8. The topological polar surface area (TPSA) is 105 Å². The number of rotatable bonds is 11. The van der Waals surface area contributed by atoms with Crippen LogP contribution in [0.3, 0.4) is 0 Å². The second-order valence-corrected chi connectivity index (χ2v) is 13.2. The fourth-order valence-corrected chi connectivity index (χ4v) is 6.76. The summed E-state index contributed by atoms with van der Waals surface area (Å²) in [6.07, 6.45) is 5.20. The molecule has 256 valence electrons. The summed E-state index contributed by atoms with van der Waals surface area (Å²) in [5.41, 5.74) is 3.68. The van der Waals surface area contributed by atoms with Crippen LogP contribution in [0.4, 0.5) is 11.4 Å². The zero-order valence-corrected chi connectivity index (χ0v) is 28.9. The number of aromatic nitrogens is 6. The van der Waals surface area contributed by atoms with Gasteiger partial charge in [0.1, 0.15) is 44.0 Å². The van der Waals surface area contributed by atoms with E-state index in [2.05, 4.69) is 49.2 Å². The molecule has 2 aromatic heterocycles. The van der Waals surface area contributed by atoms with Crippen molar-refractivity contribution in [1.29, 1.82) is 0 Å². The Labute approximate surface area is 294 Å². The van der Waals surface area contributed by atoms with Crippen molar-refractivity contribution < 1.29 is 14.2 Å². The second-order valence-electron chi connectivity index (χ2n) is 12.3. The van der Waals surface area contributed by atoms with Gasteiger partial charge in [-0.15, -0.1) is 0 Å². The fraction of sp³-hybridized carbons (Fsp3) is 0.371. The van der Waals surface area contributed by atoms with E-state index >= 15 is 0 Å². The number of anilines is 2. The van der Waals surface area contributed by atoms with E-state index in [0.717, 1.165) is 55.4 Å². The van der Waals surface area contributed by atoms with Gasteiger partial charge >= 0.3 is 5.69 Å². The lowest BCUT2D eigenvalue weighted by Crippen LogP contribution is -2.46. The second kappa shape index (κ2) is 14.2. The highest BCUT2D eigenvalue weighted by Crippen LogP contribution is 2.38. The third kappa shape index (κ3) is 7.18. The van der Waals surface area contributed by atoms with E-state index in [1.54, 1.807) is 40.1 Å². The minimum Gasteiger partial charge on any atom is -0.491 e. The van der Waals surface area contributed by atoms with Gasteiger partial charge in [-0.2, -0.15) is 10.2 Å². The Morgan fingerprint density at radius 2 is 1.53 bits per heavy atom. The first-order chi connectivity index (χ1) is 23.8. The first-order valence-electron chi connectivity index (χ1n) is 16.4. The van der Waals surface area contributed by atoms with Gasteiger partial charge < -0.3 is 24.0 Å². The Hall–Kier alpha value is -4.36. The van der Waals surface area contributed by atoms with Crippen molar-refractivity contribution in [1.82, 2.24) is 29.1 Å². The lowest BCUT2D eigenvalue weighted by Gasteiger charge is -2.37. The smallest absolute Gasteiger partial charge is 0.350 e. The maximum Gasteiger partial charge on any atom is 0.350 e. The first-order valence-corrected chi connectivity index (χ1v) is 17.2. The van der Waals surface area contributed by atoms with E-state index in [0.29, 0.717) is 28.8 Å². The van der Waals surface area contributed by atoms with E-state index in [1.807, 2.05) is 38.1 Å². The molecule has 0 bridgehead atoms. The molecule has 0 radical (unpaired) electrons. The van der Waals surface area contributed by atoms with Crippen LogP contribution in [0, 0.1) is 0 Å². The maximum absolute atomic E-state index is 12.8. The number of nitrogens with zero attached hydrogens (tertiary/aromatic N) is 8. The van der Waals surface area contributed by atoms with Gasteiger partial charge in [0, 0.05) is 53.2 Å². The van der Waals surface area contributed by atoms with Crippen LogP contribution in [0.15, 0.2) is 90.5 Å². The molecule has 0 aliphatic carbocycles. The summed E-state index contributed by atoms with van der Waals surface area (Å²) >= 11 is 12.6. The molecular formula is C35H38Cl2N8O4. The minimum absolute atomic E-state index is 0.0645. The molecule has 2 aliphatic rings. The molecule has 7 rings (SSSR count). The summed E-state index contributed by atoms with van der Waals surface area (Å²) in [6, 6.07) is 21.6. The van der Waals surface area contributed by atoms with Crippen molar-refractivity contribution >= 4 is 34.6 Å². The number of halogens is 2. The molecule has 2 aliphatic heterocycles. The van der Waals surface area contributed by atoms with E-state index < -0.39 is 5.79 Å². The van der Waals surface area contributed by atoms with E-state index in [1.165, 1.54) is 11.0 Å². The molecule has 0 amide bonds. The van der Waals surface area contributed by atoms with Crippen molar-refractivity contribution in [3.63, 3.8) is 0 Å². The molecule has 49 heavy (non-hydrogen) atoms. The number of hydrogen-bond donors (Lipinski definition) is 0. The molecule has 0 N–H and O–H groups in total. The molecule has 2 saturated heterocycles. The van der Waals surface area contributed by atoms with Gasteiger partial charge in [0.25, 0.3) is 0 Å². The van der Waals surface area contributed by atoms with Crippen molar-refractivity contribution in [2.75, 3.05) is 49.2 Å². The van der Waals surface area contributed by atoms with Crippen LogP contribution >= 0.6 is 23.2 Å². The Bertz CT molecular complexity index is 1890. The van der Waals surface area contributed by atoms with Crippen molar-refractivity contribution in [2.24, 2.45) is 0 Å². The SMILES string of the molecule is CCC(C)n1ncn(-c2ccc(N3CCN(c4ccc(OC[C@H]5CO[C@](Cn6cncn6)(c6cc(Cl)cc(Cl)c6)O5)cc4)CC3)cc2)c1=O. The summed E-state index contributed by atoms with van der Waals surface area (Å²) in [4.78, 5) is 21.6. The van der Waals surface area contributed by atoms with Crippen LogP contribution in [0.1, 0.15) is 31.9 Å². The third-order valence-corrected chi connectivity index (χ3v) is 9.55. The van der Waals surface area contributed by atoms with Crippen LogP contribution in [0.25, 0.3) is 5.69 Å². The van der Waals surface area contributed by atoms with Crippen LogP contribution in [0.5, 0.6) is 5.75 Å². The number of ether oxygens (including phenoxy) is 3. The third-order valence-electron chi connectivity index (χ3n) is 9.11. The Balaban J connectivity index is 0.925. The lowest BCUT2D eigenvalue weighted by molar-refractivity contribution is -0.190. The quantitative estimate of drug-likeness (QED) is 0.174. The predicted molar refractivity (Wildman–Crippen MR) is 188 cm³/mol. The largest absolute Gasteiger partial charge is 0.491 e. The van der Waals surface area contributed by atoms with Crippen molar-refractivity contribution in [3.05, 3.63) is 112 Å². The van der Waals surface area contributed by atoms with Gasteiger partial charge in [-0.05, 0) is 80.1 Å². The Morgan fingerprint density at radius 3 is 2.14 bits per heavy atom. The van der Waals surface area contributed by atoms with Crippen molar-refractivity contribution in [3.8, 4) is 11.4 Å². The summed E-state index contributed by atoms with van der Waals surface area (Å²) < 4.78 is 23.7. The van der Waals surface area contributed by atoms with Gasteiger partial charge in [-0.25, -0.2) is 23.7 Å². The van der Waals surface area contributed by atoms with Crippen LogP contribution < -0.4 is 20.2 Å². The molecule has 12 nitrogen and oxygen atoms in total. The monoisotopic (exact) mass is 704 g/mol. The average Bonchev–Trinajstić information content (AvgIpc) is 3.88. The van der Waals surface area contributed by atoms with Gasteiger partial charge in [0.05, 0.1) is 18.3 Å². The zero-order chi connectivity index (χ0) is 34.0. The Morgan fingerprint density at radius 1 is 0.898 bits per heavy atom. The van der Waals surface area contributed by atoms with Crippen molar-refractivity contribution in [2.45, 2.75) is 44.7 Å². The number of benzene rings is 3. The van der Waals surface area contributed by atoms with E-state index in [-0.39, 0.29) is 24.4 Å². The molecular weight excluding hydrogens is 667 g/mol.